The summed E-state index contributed by atoms with van der Waals surface area (Å²) in [7, 11) is 1.85. The highest BCUT2D eigenvalue weighted by atomic mass is 19.1. The third-order valence-electron chi connectivity index (χ3n) is 4.48. The normalized spacial score (nSPS) is 10.9. The predicted octanol–water partition coefficient (Wildman–Crippen LogP) is 2.70. The quantitative estimate of drug-likeness (QED) is 0.671. The van der Waals surface area contributed by atoms with Crippen molar-refractivity contribution in [3.05, 3.63) is 65.2 Å². The zero-order valence-corrected chi connectivity index (χ0v) is 14.9. The lowest BCUT2D eigenvalue weighted by Gasteiger charge is -2.07. The maximum Gasteiger partial charge on any atom is 0.335 e. The lowest BCUT2D eigenvalue weighted by Crippen LogP contribution is -2.26. The monoisotopic (exact) mass is 369 g/mol. The van der Waals surface area contributed by atoms with Crippen LogP contribution in [-0.4, -0.2) is 33.1 Å². The minimum absolute atomic E-state index is 0.153. The summed E-state index contributed by atoms with van der Waals surface area (Å²) in [6.07, 6.45) is 1.09. The molecule has 27 heavy (non-hydrogen) atoms. The maximum absolute atomic E-state index is 13.3. The summed E-state index contributed by atoms with van der Waals surface area (Å²) >= 11 is 0. The molecule has 0 bridgehead atoms. The number of benzene rings is 2. The number of halogens is 1. The Balaban J connectivity index is 1.53. The van der Waals surface area contributed by atoms with Gasteiger partial charge in [-0.15, -0.1) is 0 Å². The number of rotatable bonds is 7. The number of carbonyl (C=O) groups is 2. The molecule has 0 unspecified atom stereocenters. The zero-order valence-electron chi connectivity index (χ0n) is 14.9. The summed E-state index contributed by atoms with van der Waals surface area (Å²) in [6, 6.07) is 11.1. The number of amides is 1. The van der Waals surface area contributed by atoms with Crippen molar-refractivity contribution >= 4 is 22.9 Å². The van der Waals surface area contributed by atoms with Crippen LogP contribution in [0.3, 0.4) is 0 Å². The fourth-order valence-corrected chi connectivity index (χ4v) is 3.04. The molecular formula is C20H20FN3O3. The minimum Gasteiger partial charge on any atom is -0.478 e. The molecule has 1 aromatic heterocycles. The number of nitrogens with zero attached hydrogens (tertiary/aromatic N) is 2. The molecule has 2 N–H and O–H groups in total. The molecule has 0 saturated heterocycles. The van der Waals surface area contributed by atoms with Gasteiger partial charge in [0.25, 0.3) is 0 Å². The van der Waals surface area contributed by atoms with Gasteiger partial charge >= 0.3 is 5.97 Å². The van der Waals surface area contributed by atoms with Crippen molar-refractivity contribution < 1.29 is 19.1 Å². The molecule has 140 valence electrons. The first-order valence-electron chi connectivity index (χ1n) is 8.64. The van der Waals surface area contributed by atoms with Gasteiger partial charge in [0, 0.05) is 32.5 Å². The lowest BCUT2D eigenvalue weighted by atomic mass is 10.0. The van der Waals surface area contributed by atoms with E-state index in [0.717, 1.165) is 11.3 Å². The summed E-state index contributed by atoms with van der Waals surface area (Å²) in [5, 5.41) is 12.0. The molecule has 0 radical (unpaired) electrons. The molecule has 0 spiro atoms. The van der Waals surface area contributed by atoms with Crippen molar-refractivity contribution in [3.63, 3.8) is 0 Å². The first-order valence-corrected chi connectivity index (χ1v) is 8.64. The average Bonchev–Trinajstić information content (AvgIpc) is 2.95. The summed E-state index contributed by atoms with van der Waals surface area (Å²) in [5.41, 5.74) is 2.28. The van der Waals surface area contributed by atoms with Crippen molar-refractivity contribution in [3.8, 4) is 0 Å². The highest BCUT2D eigenvalue weighted by Gasteiger charge is 2.12. The number of nitrogens with one attached hydrogen (secondary N) is 1. The Bertz CT molecular complexity index is 997. The number of carboxylic acid groups (broad SMARTS) is 1. The van der Waals surface area contributed by atoms with E-state index in [4.69, 9.17) is 5.11 Å². The second kappa shape index (κ2) is 7.99. The molecule has 0 aliphatic heterocycles. The largest absolute Gasteiger partial charge is 0.478 e. The number of aromatic carboxylic acids is 1. The van der Waals surface area contributed by atoms with Gasteiger partial charge in [0.15, 0.2) is 0 Å². The number of aryl methyl sites for hydroxylation is 2. The molecule has 1 heterocycles. The SMILES string of the molecule is Cn1c(CCNC(=O)CCc2ccccc2C(=O)O)nc2cc(F)ccc21. The van der Waals surface area contributed by atoms with Crippen molar-refractivity contribution in [2.45, 2.75) is 19.3 Å². The number of imidazole rings is 1. The van der Waals surface area contributed by atoms with Crippen molar-refractivity contribution in [1.29, 1.82) is 0 Å². The second-order valence-electron chi connectivity index (χ2n) is 6.28. The van der Waals surface area contributed by atoms with Gasteiger partial charge < -0.3 is 15.0 Å². The molecule has 0 fully saturated rings. The van der Waals surface area contributed by atoms with E-state index in [1.165, 1.54) is 18.2 Å². The van der Waals surface area contributed by atoms with Crippen LogP contribution in [0.4, 0.5) is 4.39 Å². The standard InChI is InChI=1S/C20H20FN3O3/c1-24-17-8-7-14(21)12-16(17)23-18(24)10-11-22-19(25)9-6-13-4-2-3-5-15(13)20(26)27/h2-5,7-8,12H,6,9-11H2,1H3,(H,22,25)(H,26,27). The van der Waals surface area contributed by atoms with Crippen LogP contribution in [0.5, 0.6) is 0 Å². The molecule has 0 aliphatic carbocycles. The molecular weight excluding hydrogens is 349 g/mol. The van der Waals surface area contributed by atoms with E-state index in [9.17, 15) is 14.0 Å². The summed E-state index contributed by atoms with van der Waals surface area (Å²) in [6.45, 7) is 0.402. The van der Waals surface area contributed by atoms with E-state index in [2.05, 4.69) is 10.3 Å². The van der Waals surface area contributed by atoms with Gasteiger partial charge in [-0.2, -0.15) is 0 Å². The van der Waals surface area contributed by atoms with Gasteiger partial charge in [-0.3, -0.25) is 4.79 Å². The van der Waals surface area contributed by atoms with Crippen LogP contribution in [0, 0.1) is 5.82 Å². The van der Waals surface area contributed by atoms with Crippen LogP contribution in [0.1, 0.15) is 28.2 Å². The Morgan fingerprint density at radius 3 is 2.74 bits per heavy atom. The fourth-order valence-electron chi connectivity index (χ4n) is 3.04. The van der Waals surface area contributed by atoms with Gasteiger partial charge in [0.05, 0.1) is 16.6 Å². The first kappa shape index (κ1) is 18.6. The summed E-state index contributed by atoms with van der Waals surface area (Å²) in [5.74, 6) is -0.724. The van der Waals surface area contributed by atoms with Gasteiger partial charge in [-0.1, -0.05) is 18.2 Å². The molecule has 0 aliphatic rings. The summed E-state index contributed by atoms with van der Waals surface area (Å²) in [4.78, 5) is 27.6. The lowest BCUT2D eigenvalue weighted by molar-refractivity contribution is -0.121. The van der Waals surface area contributed by atoms with Gasteiger partial charge in [-0.25, -0.2) is 14.2 Å². The highest BCUT2D eigenvalue weighted by Crippen LogP contribution is 2.16. The van der Waals surface area contributed by atoms with Gasteiger partial charge in [0.2, 0.25) is 5.91 Å². The Kier molecular flexibility index (Phi) is 5.49. The van der Waals surface area contributed by atoms with Crippen LogP contribution < -0.4 is 5.32 Å². The molecule has 0 saturated carbocycles. The van der Waals surface area contributed by atoms with E-state index in [0.29, 0.717) is 30.5 Å². The number of carbonyl (C=O) groups excluding carboxylic acids is 1. The Labute approximate surface area is 155 Å². The third kappa shape index (κ3) is 4.31. The highest BCUT2D eigenvalue weighted by molar-refractivity contribution is 5.89. The molecule has 3 rings (SSSR count). The maximum atomic E-state index is 13.3. The number of aromatic nitrogens is 2. The van der Waals surface area contributed by atoms with Crippen LogP contribution in [-0.2, 0) is 24.7 Å². The van der Waals surface area contributed by atoms with E-state index in [1.807, 2.05) is 11.6 Å². The van der Waals surface area contributed by atoms with Crippen molar-refractivity contribution in [1.82, 2.24) is 14.9 Å². The molecule has 7 heteroatoms. The summed E-state index contributed by atoms with van der Waals surface area (Å²) < 4.78 is 15.2. The van der Waals surface area contributed by atoms with Crippen molar-refractivity contribution in [2.75, 3.05) is 6.54 Å². The smallest absolute Gasteiger partial charge is 0.335 e. The van der Waals surface area contributed by atoms with E-state index >= 15 is 0 Å². The molecule has 0 atom stereocenters. The molecule has 1 amide bonds. The molecule has 2 aromatic carbocycles. The zero-order chi connectivity index (χ0) is 19.4. The van der Waals surface area contributed by atoms with Crippen LogP contribution in [0.25, 0.3) is 11.0 Å². The third-order valence-corrected chi connectivity index (χ3v) is 4.48. The van der Waals surface area contributed by atoms with E-state index < -0.39 is 5.97 Å². The second-order valence-corrected chi connectivity index (χ2v) is 6.28. The van der Waals surface area contributed by atoms with E-state index in [1.54, 1.807) is 24.3 Å². The van der Waals surface area contributed by atoms with Gasteiger partial charge in [-0.05, 0) is 30.2 Å². The average molecular weight is 369 g/mol. The molecule has 3 aromatic rings. The van der Waals surface area contributed by atoms with Crippen molar-refractivity contribution in [2.24, 2.45) is 7.05 Å². The fraction of sp³-hybridized carbons (Fsp3) is 0.250. The predicted molar refractivity (Wildman–Crippen MR) is 99.1 cm³/mol. The number of hydrogen-bond acceptors (Lipinski definition) is 3. The first-order chi connectivity index (χ1) is 13.0. The Hall–Kier alpha value is -3.22. The molecule has 6 nitrogen and oxygen atoms in total. The Morgan fingerprint density at radius 2 is 1.96 bits per heavy atom. The topological polar surface area (TPSA) is 84.2 Å². The van der Waals surface area contributed by atoms with E-state index in [-0.39, 0.29) is 23.7 Å². The Morgan fingerprint density at radius 1 is 1.19 bits per heavy atom. The van der Waals surface area contributed by atoms with Gasteiger partial charge in [0.1, 0.15) is 11.6 Å². The number of fused-ring (bicyclic) bond motifs is 1. The minimum atomic E-state index is -0.996. The van der Waals surface area contributed by atoms with Crippen LogP contribution in [0.15, 0.2) is 42.5 Å². The van der Waals surface area contributed by atoms with Crippen LogP contribution >= 0.6 is 0 Å². The number of carboxylic acids is 1. The van der Waals surface area contributed by atoms with Crippen LogP contribution in [0.2, 0.25) is 0 Å². The number of hydrogen-bond donors (Lipinski definition) is 2.